The molecule has 2 heterocycles. The van der Waals surface area contributed by atoms with Crippen LogP contribution < -0.4 is 0 Å². The van der Waals surface area contributed by atoms with Gasteiger partial charge in [0.2, 0.25) is 0 Å². The summed E-state index contributed by atoms with van der Waals surface area (Å²) in [7, 11) is 0. The summed E-state index contributed by atoms with van der Waals surface area (Å²) in [5.41, 5.74) is 15.4. The Morgan fingerprint density at radius 3 is 1.77 bits per heavy atom. The topological polar surface area (TPSA) is 17.8 Å². The van der Waals surface area contributed by atoms with Crippen molar-refractivity contribution < 1.29 is 0 Å². The molecule has 47 heavy (non-hydrogen) atoms. The first kappa shape index (κ1) is 26.0. The summed E-state index contributed by atoms with van der Waals surface area (Å²) < 4.78 is 2.36. The lowest BCUT2D eigenvalue weighted by Crippen LogP contribution is -1.92. The van der Waals surface area contributed by atoms with E-state index in [1.54, 1.807) is 0 Å². The van der Waals surface area contributed by atoms with Gasteiger partial charge in [0.15, 0.2) is 0 Å². The van der Waals surface area contributed by atoms with Crippen molar-refractivity contribution in [2.45, 2.75) is 0 Å². The average molecular weight is 597 g/mol. The normalized spacial score (nSPS) is 11.8. The number of benzene rings is 7. The second-order valence-corrected chi connectivity index (χ2v) is 12.4. The van der Waals surface area contributed by atoms with Crippen molar-refractivity contribution in [2.24, 2.45) is 0 Å². The molecule has 0 atom stereocenters. The smallest absolute Gasteiger partial charge is 0.0800 e. The number of para-hydroxylation sites is 2. The number of aromatic nitrogens is 2. The van der Waals surface area contributed by atoms with Crippen LogP contribution in [0.2, 0.25) is 0 Å². The zero-order valence-electron chi connectivity index (χ0n) is 25.6. The van der Waals surface area contributed by atoms with Gasteiger partial charge >= 0.3 is 0 Å². The van der Waals surface area contributed by atoms with Crippen LogP contribution in [0.4, 0.5) is 0 Å². The van der Waals surface area contributed by atoms with Gasteiger partial charge in [-0.25, -0.2) is 4.98 Å². The fourth-order valence-corrected chi connectivity index (χ4v) is 7.50. The van der Waals surface area contributed by atoms with Crippen molar-refractivity contribution in [2.75, 3.05) is 0 Å². The molecule has 0 N–H and O–H groups in total. The number of hydrogen-bond donors (Lipinski definition) is 0. The highest BCUT2D eigenvalue weighted by atomic mass is 15.0. The molecule has 0 bridgehead atoms. The van der Waals surface area contributed by atoms with Gasteiger partial charge in [-0.05, 0) is 75.2 Å². The van der Waals surface area contributed by atoms with E-state index >= 15 is 0 Å². The van der Waals surface area contributed by atoms with E-state index in [4.69, 9.17) is 4.98 Å². The maximum atomic E-state index is 5.19. The molecule has 2 aromatic heterocycles. The van der Waals surface area contributed by atoms with Crippen LogP contribution >= 0.6 is 0 Å². The standard InChI is InChI=1S/C45H28N2/c1-2-10-35(11-3-1)47-42-16-7-6-13-37(42)40-27-33(25-26-43(40)47)31-19-17-29(18-20-31)30-21-23-32(24-22-30)41-28-34-9-8-15-38-36-12-4-5-14-39(36)45(46-41)44(34)38/h1-28H. The number of fused-ring (bicyclic) bond motifs is 6. The van der Waals surface area contributed by atoms with Crippen molar-refractivity contribution in [3.05, 3.63) is 170 Å². The third-order valence-corrected chi connectivity index (χ3v) is 9.75. The predicted molar refractivity (Wildman–Crippen MR) is 197 cm³/mol. The van der Waals surface area contributed by atoms with E-state index < -0.39 is 0 Å². The summed E-state index contributed by atoms with van der Waals surface area (Å²) in [5.74, 6) is 0. The number of rotatable bonds is 4. The summed E-state index contributed by atoms with van der Waals surface area (Å²) in [4.78, 5) is 5.19. The minimum atomic E-state index is 1.01. The van der Waals surface area contributed by atoms with Crippen LogP contribution in [-0.2, 0) is 0 Å². The molecule has 218 valence electrons. The first-order valence-corrected chi connectivity index (χ1v) is 16.1. The molecular weight excluding hydrogens is 569 g/mol. The predicted octanol–water partition coefficient (Wildman–Crippen LogP) is 12.0. The second-order valence-electron chi connectivity index (χ2n) is 12.4. The molecule has 0 saturated heterocycles. The molecule has 1 aliphatic rings. The third kappa shape index (κ3) is 4.02. The third-order valence-electron chi connectivity index (χ3n) is 9.75. The monoisotopic (exact) mass is 596 g/mol. The molecule has 0 aliphatic heterocycles. The van der Waals surface area contributed by atoms with E-state index in [1.165, 1.54) is 77.2 Å². The summed E-state index contributed by atoms with van der Waals surface area (Å²) in [5, 5.41) is 5.03. The lowest BCUT2D eigenvalue weighted by Gasteiger charge is -2.09. The Morgan fingerprint density at radius 1 is 0.383 bits per heavy atom. The van der Waals surface area contributed by atoms with Crippen molar-refractivity contribution in [1.29, 1.82) is 0 Å². The van der Waals surface area contributed by atoms with Crippen LogP contribution in [-0.4, -0.2) is 9.55 Å². The van der Waals surface area contributed by atoms with Gasteiger partial charge in [0, 0.05) is 33.0 Å². The van der Waals surface area contributed by atoms with Gasteiger partial charge in [0.1, 0.15) is 0 Å². The van der Waals surface area contributed by atoms with E-state index in [0.717, 1.165) is 17.0 Å². The van der Waals surface area contributed by atoms with Crippen LogP contribution in [0.25, 0.3) is 94.2 Å². The highest BCUT2D eigenvalue weighted by Crippen LogP contribution is 2.47. The lowest BCUT2D eigenvalue weighted by atomic mass is 9.97. The molecule has 9 aromatic rings. The van der Waals surface area contributed by atoms with Crippen LogP contribution in [0.1, 0.15) is 0 Å². The number of pyridine rings is 1. The van der Waals surface area contributed by atoms with Gasteiger partial charge in [0.05, 0.1) is 22.4 Å². The number of nitrogens with zero attached hydrogens (tertiary/aromatic N) is 2. The molecule has 1 aliphatic carbocycles. The van der Waals surface area contributed by atoms with Crippen LogP contribution in [0.15, 0.2) is 170 Å². The van der Waals surface area contributed by atoms with Gasteiger partial charge in [-0.1, -0.05) is 133 Å². The van der Waals surface area contributed by atoms with Gasteiger partial charge in [-0.2, -0.15) is 0 Å². The zero-order chi connectivity index (χ0) is 30.9. The first-order chi connectivity index (χ1) is 23.3. The Kier molecular flexibility index (Phi) is 5.61. The van der Waals surface area contributed by atoms with Gasteiger partial charge < -0.3 is 4.57 Å². The summed E-state index contributed by atoms with van der Waals surface area (Å²) in [6.07, 6.45) is 0. The lowest BCUT2D eigenvalue weighted by molar-refractivity contribution is 1.18. The van der Waals surface area contributed by atoms with E-state index in [-0.39, 0.29) is 0 Å². The minimum Gasteiger partial charge on any atom is -0.309 e. The molecule has 10 rings (SSSR count). The van der Waals surface area contributed by atoms with E-state index in [9.17, 15) is 0 Å². The molecule has 0 radical (unpaired) electrons. The first-order valence-electron chi connectivity index (χ1n) is 16.1. The molecule has 0 amide bonds. The molecule has 2 nitrogen and oxygen atoms in total. The van der Waals surface area contributed by atoms with Crippen molar-refractivity contribution in [3.63, 3.8) is 0 Å². The van der Waals surface area contributed by atoms with Crippen LogP contribution in [0.5, 0.6) is 0 Å². The molecule has 0 saturated carbocycles. The molecule has 2 heteroatoms. The molecule has 0 fully saturated rings. The van der Waals surface area contributed by atoms with E-state index in [0.29, 0.717) is 0 Å². The minimum absolute atomic E-state index is 1.01. The Hall–Kier alpha value is -6.25. The Labute approximate surface area is 272 Å². The van der Waals surface area contributed by atoms with Gasteiger partial charge in [0.25, 0.3) is 0 Å². The fraction of sp³-hybridized carbons (Fsp3) is 0. The SMILES string of the molecule is c1ccc(-n2c3ccccc3c3cc(-c4ccc(-c5ccc(-c6cc7cccc8c7c(n6)-c6ccccc6-8)cc5)cc4)ccc32)cc1. The van der Waals surface area contributed by atoms with E-state index in [2.05, 4.69) is 174 Å². The Morgan fingerprint density at radius 2 is 0.979 bits per heavy atom. The van der Waals surface area contributed by atoms with Gasteiger partial charge in [-0.15, -0.1) is 0 Å². The quantitative estimate of drug-likeness (QED) is 0.198. The maximum Gasteiger partial charge on any atom is 0.0800 e. The average Bonchev–Trinajstić information content (AvgIpc) is 3.65. The largest absolute Gasteiger partial charge is 0.309 e. The maximum absolute atomic E-state index is 5.19. The number of hydrogen-bond acceptors (Lipinski definition) is 1. The Balaban J connectivity index is 0.979. The van der Waals surface area contributed by atoms with Crippen LogP contribution in [0.3, 0.4) is 0 Å². The zero-order valence-corrected chi connectivity index (χ0v) is 25.6. The fourth-order valence-electron chi connectivity index (χ4n) is 7.50. The Bertz CT molecular complexity index is 2640. The van der Waals surface area contributed by atoms with Crippen molar-refractivity contribution in [1.82, 2.24) is 9.55 Å². The van der Waals surface area contributed by atoms with Gasteiger partial charge in [-0.3, -0.25) is 0 Å². The summed E-state index contributed by atoms with van der Waals surface area (Å²) in [6, 6.07) is 61.3. The molecule has 0 unspecified atom stereocenters. The molecule has 0 spiro atoms. The van der Waals surface area contributed by atoms with Crippen molar-refractivity contribution >= 4 is 32.6 Å². The highest BCUT2D eigenvalue weighted by Gasteiger charge is 2.23. The molecular formula is C45H28N2. The summed E-state index contributed by atoms with van der Waals surface area (Å²) >= 11 is 0. The summed E-state index contributed by atoms with van der Waals surface area (Å²) in [6.45, 7) is 0. The van der Waals surface area contributed by atoms with E-state index in [1.807, 2.05) is 0 Å². The van der Waals surface area contributed by atoms with Crippen molar-refractivity contribution in [3.8, 4) is 61.6 Å². The van der Waals surface area contributed by atoms with Crippen LogP contribution in [0, 0.1) is 0 Å². The molecule has 7 aromatic carbocycles. The highest BCUT2D eigenvalue weighted by molar-refractivity contribution is 6.14. The second kappa shape index (κ2) is 10.1.